The van der Waals surface area contributed by atoms with Crippen LogP contribution in [0.25, 0.3) is 0 Å². The summed E-state index contributed by atoms with van der Waals surface area (Å²) in [6, 6.07) is 0. The first-order valence-electron chi connectivity index (χ1n) is 6.01. The van der Waals surface area contributed by atoms with E-state index in [1.165, 1.54) is 0 Å². The molecule has 0 aromatic carbocycles. The SMILES string of the molecule is Cc1nc(C(C)C(C)(C)C)c(C(C)(C)C)o1. The van der Waals surface area contributed by atoms with Crippen LogP contribution in [-0.2, 0) is 5.41 Å². The summed E-state index contributed by atoms with van der Waals surface area (Å²) in [7, 11) is 0. The van der Waals surface area contributed by atoms with E-state index in [2.05, 4.69) is 53.5 Å². The van der Waals surface area contributed by atoms with Crippen LogP contribution in [0.5, 0.6) is 0 Å². The number of oxazole rings is 1. The highest BCUT2D eigenvalue weighted by atomic mass is 16.4. The average Bonchev–Trinajstić information content (AvgIpc) is 2.43. The zero-order chi connectivity index (χ0) is 12.7. The fraction of sp³-hybridized carbons (Fsp3) is 0.786. The molecular weight excluding hydrogens is 198 g/mol. The van der Waals surface area contributed by atoms with Crippen molar-refractivity contribution in [2.45, 2.75) is 66.7 Å². The van der Waals surface area contributed by atoms with Gasteiger partial charge in [0, 0.05) is 18.3 Å². The fourth-order valence-corrected chi connectivity index (χ4v) is 1.68. The lowest BCUT2D eigenvalue weighted by atomic mass is 9.77. The van der Waals surface area contributed by atoms with Gasteiger partial charge in [-0.2, -0.15) is 0 Å². The van der Waals surface area contributed by atoms with Gasteiger partial charge in [-0.3, -0.25) is 0 Å². The Balaban J connectivity index is 3.24. The summed E-state index contributed by atoms with van der Waals surface area (Å²) >= 11 is 0. The maximum Gasteiger partial charge on any atom is 0.191 e. The Morgan fingerprint density at radius 3 is 1.94 bits per heavy atom. The van der Waals surface area contributed by atoms with E-state index in [1.807, 2.05) is 6.92 Å². The molecule has 0 amide bonds. The summed E-state index contributed by atoms with van der Waals surface area (Å²) < 4.78 is 5.78. The minimum absolute atomic E-state index is 0.0239. The molecule has 1 rings (SSSR count). The van der Waals surface area contributed by atoms with Crippen LogP contribution in [0, 0.1) is 12.3 Å². The molecule has 0 aliphatic heterocycles. The molecule has 1 unspecified atom stereocenters. The van der Waals surface area contributed by atoms with E-state index in [0.717, 1.165) is 17.3 Å². The van der Waals surface area contributed by atoms with E-state index < -0.39 is 0 Å². The number of hydrogen-bond acceptors (Lipinski definition) is 2. The third kappa shape index (κ3) is 2.66. The van der Waals surface area contributed by atoms with Gasteiger partial charge in [0.1, 0.15) is 5.76 Å². The second-order valence-corrected chi connectivity index (χ2v) is 6.78. The van der Waals surface area contributed by atoms with Crippen molar-refractivity contribution in [1.82, 2.24) is 4.98 Å². The van der Waals surface area contributed by atoms with Gasteiger partial charge in [0.15, 0.2) is 5.89 Å². The van der Waals surface area contributed by atoms with Gasteiger partial charge in [-0.25, -0.2) is 4.98 Å². The van der Waals surface area contributed by atoms with Gasteiger partial charge in [0.25, 0.3) is 0 Å². The highest BCUT2D eigenvalue weighted by Crippen LogP contribution is 2.39. The van der Waals surface area contributed by atoms with Gasteiger partial charge in [0.05, 0.1) is 5.69 Å². The number of hydrogen-bond donors (Lipinski definition) is 0. The van der Waals surface area contributed by atoms with Gasteiger partial charge in [-0.05, 0) is 5.41 Å². The Morgan fingerprint density at radius 1 is 1.06 bits per heavy atom. The molecule has 0 saturated heterocycles. The molecule has 0 spiro atoms. The topological polar surface area (TPSA) is 26.0 Å². The molecule has 2 heteroatoms. The summed E-state index contributed by atoms with van der Waals surface area (Å²) in [5.41, 5.74) is 1.36. The van der Waals surface area contributed by atoms with Crippen molar-refractivity contribution in [3.63, 3.8) is 0 Å². The van der Waals surface area contributed by atoms with Crippen LogP contribution in [0.3, 0.4) is 0 Å². The molecule has 0 aliphatic rings. The molecule has 1 atom stereocenters. The largest absolute Gasteiger partial charge is 0.445 e. The maximum atomic E-state index is 5.78. The lowest BCUT2D eigenvalue weighted by Crippen LogP contribution is -2.21. The molecule has 0 N–H and O–H groups in total. The van der Waals surface area contributed by atoms with Gasteiger partial charge >= 0.3 is 0 Å². The van der Waals surface area contributed by atoms with E-state index in [0.29, 0.717) is 5.92 Å². The zero-order valence-electron chi connectivity index (χ0n) is 11.9. The molecule has 16 heavy (non-hydrogen) atoms. The second kappa shape index (κ2) is 3.90. The first-order chi connectivity index (χ1) is 7.03. The Bertz CT molecular complexity index is 363. The molecule has 0 radical (unpaired) electrons. The minimum atomic E-state index is 0.0239. The zero-order valence-corrected chi connectivity index (χ0v) is 11.9. The van der Waals surface area contributed by atoms with Gasteiger partial charge in [-0.1, -0.05) is 48.5 Å². The molecule has 1 heterocycles. The van der Waals surface area contributed by atoms with E-state index in [-0.39, 0.29) is 10.8 Å². The maximum absolute atomic E-state index is 5.78. The van der Waals surface area contributed by atoms with Crippen molar-refractivity contribution < 1.29 is 4.42 Å². The minimum Gasteiger partial charge on any atom is -0.445 e. The predicted octanol–water partition coefficient (Wildman–Crippen LogP) is 4.43. The third-order valence-electron chi connectivity index (χ3n) is 3.15. The lowest BCUT2D eigenvalue weighted by molar-refractivity contribution is 0.320. The predicted molar refractivity (Wildman–Crippen MR) is 67.8 cm³/mol. The number of aromatic nitrogens is 1. The van der Waals surface area contributed by atoms with Crippen LogP contribution < -0.4 is 0 Å². The van der Waals surface area contributed by atoms with E-state index in [4.69, 9.17) is 4.42 Å². The van der Waals surface area contributed by atoms with Crippen molar-refractivity contribution in [2.24, 2.45) is 5.41 Å². The number of rotatable bonds is 1. The standard InChI is InChI=1S/C14H25NO/c1-9(13(3,4)5)11-12(14(6,7)8)16-10(2)15-11/h9H,1-8H3. The van der Waals surface area contributed by atoms with Crippen LogP contribution in [0.1, 0.15) is 71.7 Å². The normalized spacial score (nSPS) is 15.2. The van der Waals surface area contributed by atoms with Gasteiger partial charge < -0.3 is 4.42 Å². The molecule has 0 bridgehead atoms. The first kappa shape index (κ1) is 13.3. The molecule has 0 saturated carbocycles. The van der Waals surface area contributed by atoms with E-state index >= 15 is 0 Å². The molecule has 1 aromatic heterocycles. The Hall–Kier alpha value is -0.790. The highest BCUT2D eigenvalue weighted by molar-refractivity contribution is 5.22. The second-order valence-electron chi connectivity index (χ2n) is 6.78. The average molecular weight is 223 g/mol. The van der Waals surface area contributed by atoms with Crippen LogP contribution in [0.4, 0.5) is 0 Å². The molecule has 0 fully saturated rings. The van der Waals surface area contributed by atoms with E-state index in [9.17, 15) is 0 Å². The lowest BCUT2D eigenvalue weighted by Gasteiger charge is -2.28. The molecule has 0 aliphatic carbocycles. The van der Waals surface area contributed by atoms with E-state index in [1.54, 1.807) is 0 Å². The highest BCUT2D eigenvalue weighted by Gasteiger charge is 2.32. The van der Waals surface area contributed by atoms with Gasteiger partial charge in [0.2, 0.25) is 0 Å². The van der Waals surface area contributed by atoms with Crippen molar-refractivity contribution in [1.29, 1.82) is 0 Å². The van der Waals surface area contributed by atoms with Crippen molar-refractivity contribution in [3.8, 4) is 0 Å². The summed E-state index contributed by atoms with van der Waals surface area (Å²) in [4.78, 5) is 4.58. The van der Waals surface area contributed by atoms with Crippen LogP contribution >= 0.6 is 0 Å². The summed E-state index contributed by atoms with van der Waals surface area (Å²) in [5.74, 6) is 2.21. The van der Waals surface area contributed by atoms with Gasteiger partial charge in [-0.15, -0.1) is 0 Å². The third-order valence-corrected chi connectivity index (χ3v) is 3.15. The summed E-state index contributed by atoms with van der Waals surface area (Å²) in [5, 5.41) is 0. The molecule has 92 valence electrons. The molecular formula is C14H25NO. The first-order valence-corrected chi connectivity index (χ1v) is 6.01. The molecule has 1 aromatic rings. The van der Waals surface area contributed by atoms with Crippen LogP contribution in [-0.4, -0.2) is 4.98 Å². The summed E-state index contributed by atoms with van der Waals surface area (Å²) in [6.45, 7) is 17.4. The van der Waals surface area contributed by atoms with Crippen LogP contribution in [0.2, 0.25) is 0 Å². The Kier molecular flexibility index (Phi) is 3.24. The number of aryl methyl sites for hydroxylation is 1. The van der Waals surface area contributed by atoms with Crippen molar-refractivity contribution in [2.75, 3.05) is 0 Å². The molecule has 2 nitrogen and oxygen atoms in total. The Morgan fingerprint density at radius 2 is 1.56 bits per heavy atom. The Labute approximate surface area is 99.5 Å². The fourth-order valence-electron chi connectivity index (χ4n) is 1.68. The quantitative estimate of drug-likeness (QED) is 0.704. The number of nitrogens with zero attached hydrogens (tertiary/aromatic N) is 1. The smallest absolute Gasteiger partial charge is 0.191 e. The monoisotopic (exact) mass is 223 g/mol. The van der Waals surface area contributed by atoms with Crippen molar-refractivity contribution in [3.05, 3.63) is 17.3 Å². The van der Waals surface area contributed by atoms with Crippen LogP contribution in [0.15, 0.2) is 4.42 Å². The summed E-state index contributed by atoms with van der Waals surface area (Å²) in [6.07, 6.45) is 0. The van der Waals surface area contributed by atoms with Crippen molar-refractivity contribution >= 4 is 0 Å².